The van der Waals surface area contributed by atoms with Crippen molar-refractivity contribution in [3.63, 3.8) is 0 Å². The van der Waals surface area contributed by atoms with Gasteiger partial charge in [0.15, 0.2) is 0 Å². The summed E-state index contributed by atoms with van der Waals surface area (Å²) in [5.41, 5.74) is 4.92. The van der Waals surface area contributed by atoms with Crippen molar-refractivity contribution in [1.29, 1.82) is 0 Å². The molecule has 0 unspecified atom stereocenters. The molecule has 0 atom stereocenters. The van der Waals surface area contributed by atoms with Crippen LogP contribution < -0.4 is 14.9 Å². The molecule has 0 saturated carbocycles. The van der Waals surface area contributed by atoms with Crippen LogP contribution in [0.5, 0.6) is 5.75 Å². The lowest BCUT2D eigenvalue weighted by Crippen LogP contribution is -2.34. The molecule has 34 heavy (non-hydrogen) atoms. The summed E-state index contributed by atoms with van der Waals surface area (Å²) in [6.07, 6.45) is 1.30. The topological polar surface area (TPSA) is 114 Å². The molecule has 0 aliphatic heterocycles. The Labute approximate surface area is 206 Å². The molecule has 0 heterocycles. The van der Waals surface area contributed by atoms with Crippen molar-refractivity contribution in [3.05, 3.63) is 93.5 Å². The smallest absolute Gasteiger partial charge is 0.343 e. The minimum Gasteiger partial charge on any atom is -0.422 e. The van der Waals surface area contributed by atoms with Gasteiger partial charge in [-0.2, -0.15) is 5.10 Å². The molecule has 0 saturated heterocycles. The number of aryl methyl sites for hydroxylation is 2. The number of carbonyl (C=O) groups is 2. The van der Waals surface area contributed by atoms with Crippen molar-refractivity contribution >= 4 is 44.0 Å². The third-order valence-electron chi connectivity index (χ3n) is 4.58. The molecular weight excluding hydrogens is 522 g/mol. The molecule has 10 heteroatoms. The number of hydrogen-bond acceptors (Lipinski definition) is 6. The van der Waals surface area contributed by atoms with Gasteiger partial charge in [0.25, 0.3) is 5.91 Å². The standard InChI is InChI=1S/C24H22BrN3O5S/c1-16-6-9-21(10-7-16)34(31,32)27-15-23(29)28-26-14-19-13-20(25)8-11-22(19)33-24(30)18-5-3-4-17(2)12-18/h3-14,27H,15H2,1-2H3,(H,28,29). The van der Waals surface area contributed by atoms with Crippen molar-refractivity contribution in [2.45, 2.75) is 18.7 Å². The fourth-order valence-electron chi connectivity index (χ4n) is 2.82. The first-order chi connectivity index (χ1) is 16.1. The van der Waals surface area contributed by atoms with Crippen LogP contribution >= 0.6 is 15.9 Å². The Morgan fingerprint density at radius 3 is 2.44 bits per heavy atom. The van der Waals surface area contributed by atoms with Gasteiger partial charge in [0, 0.05) is 10.0 Å². The average molecular weight is 544 g/mol. The van der Waals surface area contributed by atoms with Gasteiger partial charge in [-0.15, -0.1) is 0 Å². The quantitative estimate of drug-likeness (QED) is 0.194. The summed E-state index contributed by atoms with van der Waals surface area (Å²) in [6, 6.07) is 18.2. The summed E-state index contributed by atoms with van der Waals surface area (Å²) in [7, 11) is -3.83. The number of amides is 1. The van der Waals surface area contributed by atoms with Gasteiger partial charge in [-0.05, 0) is 56.3 Å². The highest BCUT2D eigenvalue weighted by atomic mass is 79.9. The highest BCUT2D eigenvalue weighted by Crippen LogP contribution is 2.23. The fourth-order valence-corrected chi connectivity index (χ4v) is 4.18. The van der Waals surface area contributed by atoms with Crippen molar-refractivity contribution in [1.82, 2.24) is 10.1 Å². The molecule has 0 aromatic heterocycles. The maximum absolute atomic E-state index is 12.5. The van der Waals surface area contributed by atoms with Crippen LogP contribution in [0.1, 0.15) is 27.0 Å². The van der Waals surface area contributed by atoms with Gasteiger partial charge in [-0.1, -0.05) is 51.3 Å². The van der Waals surface area contributed by atoms with E-state index in [1.165, 1.54) is 18.3 Å². The van der Waals surface area contributed by atoms with Gasteiger partial charge in [0.1, 0.15) is 5.75 Å². The van der Waals surface area contributed by atoms with E-state index >= 15 is 0 Å². The first-order valence-electron chi connectivity index (χ1n) is 10.1. The molecule has 8 nitrogen and oxygen atoms in total. The average Bonchev–Trinajstić information content (AvgIpc) is 2.80. The SMILES string of the molecule is Cc1ccc(S(=O)(=O)NCC(=O)NN=Cc2cc(Br)ccc2OC(=O)c2cccc(C)c2)cc1. The van der Waals surface area contributed by atoms with E-state index in [9.17, 15) is 18.0 Å². The van der Waals surface area contributed by atoms with Crippen molar-refractivity contribution in [3.8, 4) is 5.75 Å². The lowest BCUT2D eigenvalue weighted by molar-refractivity contribution is -0.119. The van der Waals surface area contributed by atoms with Gasteiger partial charge in [-0.25, -0.2) is 23.4 Å². The molecule has 3 rings (SSSR count). The predicted octanol–water partition coefficient (Wildman–Crippen LogP) is 3.71. The highest BCUT2D eigenvalue weighted by Gasteiger charge is 2.15. The van der Waals surface area contributed by atoms with Gasteiger partial charge in [-0.3, -0.25) is 4.79 Å². The number of benzene rings is 3. The van der Waals surface area contributed by atoms with Crippen molar-refractivity contribution in [2.24, 2.45) is 5.10 Å². The first kappa shape index (κ1) is 25.3. The summed E-state index contributed by atoms with van der Waals surface area (Å²) in [6.45, 7) is 3.22. The zero-order chi connectivity index (χ0) is 24.7. The molecule has 0 spiro atoms. The number of rotatable bonds is 8. The summed E-state index contributed by atoms with van der Waals surface area (Å²) >= 11 is 3.34. The maximum Gasteiger partial charge on any atom is 0.343 e. The third-order valence-corrected chi connectivity index (χ3v) is 6.49. The normalized spacial score (nSPS) is 11.4. The molecule has 176 valence electrons. The number of sulfonamides is 1. The van der Waals surface area contributed by atoms with Crippen LogP contribution in [0.25, 0.3) is 0 Å². The molecule has 3 aromatic rings. The lowest BCUT2D eigenvalue weighted by atomic mass is 10.1. The molecular formula is C24H22BrN3O5S. The third kappa shape index (κ3) is 7.08. The second-order valence-corrected chi connectivity index (χ2v) is 10.1. The number of nitrogens with zero attached hydrogens (tertiary/aromatic N) is 1. The van der Waals surface area contributed by atoms with Crippen molar-refractivity contribution < 1.29 is 22.7 Å². The molecule has 0 bridgehead atoms. The lowest BCUT2D eigenvalue weighted by Gasteiger charge is -2.09. The molecule has 0 aliphatic rings. The minimum absolute atomic E-state index is 0.0589. The second-order valence-electron chi connectivity index (χ2n) is 7.37. The fraction of sp³-hybridized carbons (Fsp3) is 0.125. The zero-order valence-electron chi connectivity index (χ0n) is 18.4. The van der Waals surface area contributed by atoms with E-state index in [2.05, 4.69) is 31.2 Å². The Bertz CT molecular complexity index is 1340. The van der Waals surface area contributed by atoms with E-state index in [0.29, 0.717) is 15.6 Å². The molecule has 0 radical (unpaired) electrons. The Balaban J connectivity index is 1.62. The van der Waals surface area contributed by atoms with Crippen LogP contribution in [-0.4, -0.2) is 33.1 Å². The van der Waals surface area contributed by atoms with Crippen LogP contribution in [0.4, 0.5) is 0 Å². The van der Waals surface area contributed by atoms with Crippen molar-refractivity contribution in [2.75, 3.05) is 6.54 Å². The number of nitrogens with one attached hydrogen (secondary N) is 2. The number of ether oxygens (including phenoxy) is 1. The summed E-state index contributed by atoms with van der Waals surface area (Å²) in [5, 5.41) is 3.85. The van der Waals surface area contributed by atoms with E-state index in [4.69, 9.17) is 4.74 Å². The number of halogens is 1. The Morgan fingerprint density at radius 2 is 1.74 bits per heavy atom. The van der Waals surface area contributed by atoms with E-state index in [-0.39, 0.29) is 10.6 Å². The molecule has 0 aliphatic carbocycles. The Hall–Kier alpha value is -3.34. The van der Waals surface area contributed by atoms with Crippen LogP contribution in [0, 0.1) is 13.8 Å². The Morgan fingerprint density at radius 1 is 1.00 bits per heavy atom. The van der Waals surface area contributed by atoms with Gasteiger partial charge in [0.2, 0.25) is 10.0 Å². The van der Waals surface area contributed by atoms with Crippen LogP contribution in [0.2, 0.25) is 0 Å². The van der Waals surface area contributed by atoms with Gasteiger partial charge in [0.05, 0.1) is 23.2 Å². The minimum atomic E-state index is -3.83. The van der Waals surface area contributed by atoms with Gasteiger partial charge >= 0.3 is 5.97 Å². The first-order valence-corrected chi connectivity index (χ1v) is 12.4. The summed E-state index contributed by atoms with van der Waals surface area (Å²) in [4.78, 5) is 24.6. The molecule has 2 N–H and O–H groups in total. The molecule has 3 aromatic carbocycles. The number of hydrogen-bond donors (Lipinski definition) is 2. The van der Waals surface area contributed by atoms with E-state index < -0.39 is 28.4 Å². The predicted molar refractivity (Wildman–Crippen MR) is 132 cm³/mol. The summed E-state index contributed by atoms with van der Waals surface area (Å²) < 4.78 is 33.0. The van der Waals surface area contributed by atoms with E-state index in [1.54, 1.807) is 48.5 Å². The Kier molecular flexibility index (Phi) is 8.32. The second kappa shape index (κ2) is 11.2. The van der Waals surface area contributed by atoms with E-state index in [0.717, 1.165) is 11.1 Å². The van der Waals surface area contributed by atoms with Crippen LogP contribution in [-0.2, 0) is 14.8 Å². The number of esters is 1. The van der Waals surface area contributed by atoms with E-state index in [1.807, 2.05) is 19.9 Å². The largest absolute Gasteiger partial charge is 0.422 e. The monoisotopic (exact) mass is 543 g/mol. The maximum atomic E-state index is 12.5. The highest BCUT2D eigenvalue weighted by molar-refractivity contribution is 9.10. The molecule has 1 amide bonds. The molecule has 0 fully saturated rings. The van der Waals surface area contributed by atoms with Crippen LogP contribution in [0.15, 0.2) is 81.2 Å². The number of hydrazone groups is 1. The van der Waals surface area contributed by atoms with Crippen LogP contribution in [0.3, 0.4) is 0 Å². The zero-order valence-corrected chi connectivity index (χ0v) is 20.8. The van der Waals surface area contributed by atoms with Gasteiger partial charge < -0.3 is 4.74 Å². The number of carbonyl (C=O) groups excluding carboxylic acids is 2. The summed E-state index contributed by atoms with van der Waals surface area (Å²) in [5.74, 6) is -0.955.